The molecule has 1 nitrogen and oxygen atoms in total. The fourth-order valence-electron chi connectivity index (χ4n) is 0.393. The number of rotatable bonds is 2. The van der Waals surface area contributed by atoms with Crippen molar-refractivity contribution in [2.45, 2.75) is 6.92 Å². The van der Waals surface area contributed by atoms with Crippen molar-refractivity contribution in [1.82, 2.24) is 0 Å². The van der Waals surface area contributed by atoms with Gasteiger partial charge in [0.2, 0.25) is 0 Å². The highest BCUT2D eigenvalue weighted by atomic mass is 14.5. The first-order chi connectivity index (χ1) is 3.81. The maximum Gasteiger partial charge on any atom is -0.00597 e. The molecule has 0 fully saturated rings. The van der Waals surface area contributed by atoms with E-state index in [0.29, 0.717) is 0 Å². The van der Waals surface area contributed by atoms with Gasteiger partial charge in [-0.25, -0.2) is 0 Å². The summed E-state index contributed by atoms with van der Waals surface area (Å²) >= 11 is 0. The standard InChI is InChI=1S/C7H11N/c1-3-4-7(2)5-6-8/h3-6H,1,8H2,2H3/b6-5-,7-4-. The Bertz CT molecular complexity index is 120. The van der Waals surface area contributed by atoms with Crippen LogP contribution in [0.2, 0.25) is 0 Å². The Balaban J connectivity index is 3.79. The van der Waals surface area contributed by atoms with E-state index < -0.39 is 0 Å². The Morgan fingerprint density at radius 3 is 2.62 bits per heavy atom. The van der Waals surface area contributed by atoms with E-state index in [-0.39, 0.29) is 0 Å². The van der Waals surface area contributed by atoms with Crippen LogP contribution < -0.4 is 5.73 Å². The molecule has 0 aliphatic rings. The van der Waals surface area contributed by atoms with Crippen LogP contribution in [0, 0.1) is 0 Å². The van der Waals surface area contributed by atoms with Crippen LogP contribution in [-0.2, 0) is 0 Å². The minimum absolute atomic E-state index is 1.11. The van der Waals surface area contributed by atoms with E-state index in [9.17, 15) is 0 Å². The van der Waals surface area contributed by atoms with Gasteiger partial charge in [-0.2, -0.15) is 0 Å². The SMILES string of the molecule is C=C/C=C(C)\C=C/N. The summed E-state index contributed by atoms with van der Waals surface area (Å²) in [6.45, 7) is 5.50. The van der Waals surface area contributed by atoms with E-state index in [1.165, 1.54) is 6.20 Å². The smallest absolute Gasteiger partial charge is 0.00597 e. The molecular formula is C7H11N. The lowest BCUT2D eigenvalue weighted by Crippen LogP contribution is -1.75. The molecule has 0 aliphatic heterocycles. The molecule has 0 spiro atoms. The average molecular weight is 109 g/mol. The van der Waals surface area contributed by atoms with E-state index in [1.54, 1.807) is 6.08 Å². The topological polar surface area (TPSA) is 26.0 Å². The van der Waals surface area contributed by atoms with E-state index in [1.807, 2.05) is 19.1 Å². The van der Waals surface area contributed by atoms with Gasteiger partial charge < -0.3 is 5.73 Å². The van der Waals surface area contributed by atoms with Crippen molar-refractivity contribution in [2.24, 2.45) is 5.73 Å². The summed E-state index contributed by atoms with van der Waals surface area (Å²) in [7, 11) is 0. The van der Waals surface area contributed by atoms with Gasteiger partial charge in [0, 0.05) is 0 Å². The maximum atomic E-state index is 5.10. The molecule has 0 aliphatic carbocycles. The average Bonchev–Trinajstić information content (AvgIpc) is 1.68. The van der Waals surface area contributed by atoms with Gasteiger partial charge in [-0.15, -0.1) is 0 Å². The summed E-state index contributed by atoms with van der Waals surface area (Å²) in [4.78, 5) is 0. The molecule has 0 unspecified atom stereocenters. The molecule has 0 amide bonds. The Morgan fingerprint density at radius 2 is 2.25 bits per heavy atom. The lowest BCUT2D eigenvalue weighted by molar-refractivity contribution is 1.48. The summed E-state index contributed by atoms with van der Waals surface area (Å²) in [5.41, 5.74) is 6.22. The first-order valence-corrected chi connectivity index (χ1v) is 2.49. The summed E-state index contributed by atoms with van der Waals surface area (Å²) in [5, 5.41) is 0. The number of allylic oxidation sites excluding steroid dienone is 4. The van der Waals surface area contributed by atoms with Crippen LogP contribution in [0.3, 0.4) is 0 Å². The number of hydrogen-bond acceptors (Lipinski definition) is 1. The third-order valence-corrected chi connectivity index (χ3v) is 0.740. The molecule has 0 heterocycles. The molecule has 0 saturated carbocycles. The Morgan fingerprint density at radius 1 is 1.62 bits per heavy atom. The number of hydrogen-bond donors (Lipinski definition) is 1. The molecule has 0 saturated heterocycles. The molecule has 0 aromatic carbocycles. The predicted molar refractivity (Wildman–Crippen MR) is 37.3 cm³/mol. The molecular weight excluding hydrogens is 98.1 g/mol. The molecule has 0 radical (unpaired) electrons. The van der Waals surface area contributed by atoms with Gasteiger partial charge in [-0.3, -0.25) is 0 Å². The van der Waals surface area contributed by atoms with E-state index >= 15 is 0 Å². The molecule has 44 valence electrons. The van der Waals surface area contributed by atoms with E-state index in [2.05, 4.69) is 6.58 Å². The third-order valence-electron chi connectivity index (χ3n) is 0.740. The Kier molecular flexibility index (Phi) is 3.67. The minimum atomic E-state index is 1.11. The van der Waals surface area contributed by atoms with Crippen LogP contribution in [0.15, 0.2) is 36.6 Å². The highest BCUT2D eigenvalue weighted by molar-refractivity contribution is 5.19. The van der Waals surface area contributed by atoms with Crippen molar-refractivity contribution in [2.75, 3.05) is 0 Å². The second-order valence-electron chi connectivity index (χ2n) is 1.51. The molecule has 0 aromatic rings. The minimum Gasteiger partial charge on any atom is -0.405 e. The lowest BCUT2D eigenvalue weighted by atomic mass is 10.3. The second kappa shape index (κ2) is 4.19. The van der Waals surface area contributed by atoms with Gasteiger partial charge in [-0.05, 0) is 24.8 Å². The quantitative estimate of drug-likeness (QED) is 0.535. The third kappa shape index (κ3) is 3.22. The van der Waals surface area contributed by atoms with Crippen molar-refractivity contribution in [1.29, 1.82) is 0 Å². The van der Waals surface area contributed by atoms with Crippen LogP contribution in [0.1, 0.15) is 6.92 Å². The molecule has 0 atom stereocenters. The fourth-order valence-corrected chi connectivity index (χ4v) is 0.393. The summed E-state index contributed by atoms with van der Waals surface area (Å²) in [5.74, 6) is 0. The van der Waals surface area contributed by atoms with Crippen molar-refractivity contribution in [3.8, 4) is 0 Å². The van der Waals surface area contributed by atoms with Crippen molar-refractivity contribution in [3.05, 3.63) is 36.6 Å². The lowest BCUT2D eigenvalue weighted by Gasteiger charge is -1.82. The van der Waals surface area contributed by atoms with Gasteiger partial charge in [0.05, 0.1) is 0 Å². The monoisotopic (exact) mass is 109 g/mol. The fraction of sp³-hybridized carbons (Fsp3) is 0.143. The molecule has 0 aromatic heterocycles. The van der Waals surface area contributed by atoms with E-state index in [4.69, 9.17) is 5.73 Å². The zero-order valence-electron chi connectivity index (χ0n) is 5.09. The van der Waals surface area contributed by atoms with Gasteiger partial charge in [-0.1, -0.05) is 18.7 Å². The zero-order valence-corrected chi connectivity index (χ0v) is 5.09. The van der Waals surface area contributed by atoms with Crippen molar-refractivity contribution < 1.29 is 0 Å². The van der Waals surface area contributed by atoms with Crippen molar-refractivity contribution in [3.63, 3.8) is 0 Å². The van der Waals surface area contributed by atoms with E-state index in [0.717, 1.165) is 5.57 Å². The van der Waals surface area contributed by atoms with Crippen LogP contribution in [0.25, 0.3) is 0 Å². The molecule has 0 bridgehead atoms. The highest BCUT2D eigenvalue weighted by Crippen LogP contribution is 1.91. The predicted octanol–water partition coefficient (Wildman–Crippen LogP) is 1.59. The van der Waals surface area contributed by atoms with Gasteiger partial charge in [0.15, 0.2) is 0 Å². The normalized spacial score (nSPS) is 12.4. The van der Waals surface area contributed by atoms with Crippen LogP contribution >= 0.6 is 0 Å². The molecule has 2 N–H and O–H groups in total. The first-order valence-electron chi connectivity index (χ1n) is 2.49. The molecule has 8 heavy (non-hydrogen) atoms. The second-order valence-corrected chi connectivity index (χ2v) is 1.51. The van der Waals surface area contributed by atoms with Crippen molar-refractivity contribution >= 4 is 0 Å². The molecule has 1 heteroatoms. The summed E-state index contributed by atoms with van der Waals surface area (Å²) in [6.07, 6.45) is 6.95. The largest absolute Gasteiger partial charge is 0.405 e. The molecule has 0 rings (SSSR count). The Labute approximate surface area is 50.2 Å². The van der Waals surface area contributed by atoms with Crippen LogP contribution in [0.4, 0.5) is 0 Å². The van der Waals surface area contributed by atoms with Gasteiger partial charge >= 0.3 is 0 Å². The highest BCUT2D eigenvalue weighted by Gasteiger charge is 1.72. The zero-order chi connectivity index (χ0) is 6.41. The van der Waals surface area contributed by atoms with Crippen LogP contribution in [-0.4, -0.2) is 0 Å². The number of nitrogens with two attached hydrogens (primary N) is 1. The first kappa shape index (κ1) is 7.02. The van der Waals surface area contributed by atoms with Crippen LogP contribution in [0.5, 0.6) is 0 Å². The van der Waals surface area contributed by atoms with Gasteiger partial charge in [0.25, 0.3) is 0 Å². The summed E-state index contributed by atoms with van der Waals surface area (Å²) < 4.78 is 0. The van der Waals surface area contributed by atoms with Gasteiger partial charge in [0.1, 0.15) is 0 Å². The Hall–Kier alpha value is -0.980. The maximum absolute atomic E-state index is 5.10. The summed E-state index contributed by atoms with van der Waals surface area (Å²) in [6, 6.07) is 0.